The van der Waals surface area contributed by atoms with Crippen molar-refractivity contribution in [1.29, 1.82) is 10.8 Å². The Morgan fingerprint density at radius 3 is 2.50 bits per heavy atom. The Labute approximate surface area is 61.1 Å². The Morgan fingerprint density at radius 1 is 1.30 bits per heavy atom. The van der Waals surface area contributed by atoms with E-state index in [4.69, 9.17) is 15.9 Å². The van der Waals surface area contributed by atoms with Crippen molar-refractivity contribution in [2.24, 2.45) is 0 Å². The summed E-state index contributed by atoms with van der Waals surface area (Å²) in [6.45, 7) is 0. The molecule has 0 amide bonds. The fourth-order valence-electron chi connectivity index (χ4n) is 0.709. The summed E-state index contributed by atoms with van der Waals surface area (Å²) in [6, 6.07) is 0. The van der Waals surface area contributed by atoms with Crippen molar-refractivity contribution >= 4 is 12.4 Å². The van der Waals surface area contributed by atoms with Crippen molar-refractivity contribution in [3.05, 3.63) is 0 Å². The molecule has 0 saturated carbocycles. The summed E-state index contributed by atoms with van der Waals surface area (Å²) in [5.74, 6) is 0. The first-order chi connectivity index (χ1) is 4.81. The Morgan fingerprint density at radius 2 is 2.00 bits per heavy atom. The summed E-state index contributed by atoms with van der Waals surface area (Å²) in [4.78, 5) is 0. The molecule has 1 unspecified atom stereocenters. The van der Waals surface area contributed by atoms with Crippen LogP contribution in [0.25, 0.3) is 0 Å². The second kappa shape index (κ2) is 6.42. The zero-order valence-electron chi connectivity index (χ0n) is 6.01. The second-order valence-electron chi connectivity index (χ2n) is 2.23. The predicted octanol–water partition coefficient (Wildman–Crippen LogP) is 1.21. The van der Waals surface area contributed by atoms with Gasteiger partial charge in [-0.3, -0.25) is 0 Å². The van der Waals surface area contributed by atoms with Crippen LogP contribution in [-0.4, -0.2) is 23.6 Å². The molecule has 0 aromatic carbocycles. The molecule has 0 heterocycles. The van der Waals surface area contributed by atoms with Gasteiger partial charge in [-0.15, -0.1) is 0 Å². The Bertz CT molecular complexity index is 104. The van der Waals surface area contributed by atoms with Gasteiger partial charge in [-0.05, 0) is 31.7 Å². The van der Waals surface area contributed by atoms with Crippen molar-refractivity contribution in [3.63, 3.8) is 0 Å². The van der Waals surface area contributed by atoms with Crippen LogP contribution < -0.4 is 0 Å². The molecule has 1 atom stereocenters. The second-order valence-corrected chi connectivity index (χ2v) is 2.23. The quantitative estimate of drug-likeness (QED) is 0.378. The number of hydrogen-bond donors (Lipinski definition) is 3. The maximum Gasteiger partial charge on any atom is 0.0589 e. The lowest BCUT2D eigenvalue weighted by Crippen LogP contribution is -2.06. The summed E-state index contributed by atoms with van der Waals surface area (Å²) in [6.07, 6.45) is 4.90. The van der Waals surface area contributed by atoms with Crippen LogP contribution in [0.4, 0.5) is 0 Å². The van der Waals surface area contributed by atoms with Crippen molar-refractivity contribution in [3.8, 4) is 0 Å². The molecular formula is C7H14N2O. The SMILES string of the molecule is N=CCCCC(O)CC=N. The maximum absolute atomic E-state index is 9.05. The normalized spacial score (nSPS) is 12.5. The van der Waals surface area contributed by atoms with Gasteiger partial charge in [0.25, 0.3) is 0 Å². The van der Waals surface area contributed by atoms with E-state index in [0.717, 1.165) is 12.8 Å². The monoisotopic (exact) mass is 142 g/mol. The first-order valence-corrected chi connectivity index (χ1v) is 3.47. The highest BCUT2D eigenvalue weighted by Gasteiger charge is 1.99. The van der Waals surface area contributed by atoms with Crippen LogP contribution in [0.2, 0.25) is 0 Å². The third kappa shape index (κ3) is 5.44. The molecule has 0 aromatic rings. The average Bonchev–Trinajstić information content (AvgIpc) is 1.89. The van der Waals surface area contributed by atoms with Gasteiger partial charge >= 0.3 is 0 Å². The van der Waals surface area contributed by atoms with Crippen molar-refractivity contribution in [2.45, 2.75) is 31.8 Å². The number of unbranched alkanes of at least 4 members (excludes halogenated alkanes) is 1. The highest BCUT2D eigenvalue weighted by atomic mass is 16.3. The third-order valence-electron chi connectivity index (χ3n) is 1.28. The molecule has 0 bridgehead atoms. The standard InChI is InChI=1S/C7H14N2O/c8-5-2-1-3-7(10)4-6-9/h5-10H,1-4H2. The van der Waals surface area contributed by atoms with E-state index in [9.17, 15) is 0 Å². The van der Waals surface area contributed by atoms with Crippen LogP contribution >= 0.6 is 0 Å². The summed E-state index contributed by atoms with van der Waals surface area (Å²) >= 11 is 0. The predicted molar refractivity (Wildman–Crippen MR) is 42.0 cm³/mol. The Hall–Kier alpha value is -0.700. The van der Waals surface area contributed by atoms with Gasteiger partial charge in [0.1, 0.15) is 0 Å². The van der Waals surface area contributed by atoms with Crippen molar-refractivity contribution in [2.75, 3.05) is 0 Å². The lowest BCUT2D eigenvalue weighted by molar-refractivity contribution is 0.171. The zero-order chi connectivity index (χ0) is 7.82. The molecule has 0 aliphatic rings. The summed E-state index contributed by atoms with van der Waals surface area (Å²) in [5, 5.41) is 22.4. The van der Waals surface area contributed by atoms with Crippen LogP contribution in [-0.2, 0) is 0 Å². The first kappa shape index (κ1) is 9.30. The molecule has 0 saturated heterocycles. The fourth-order valence-corrected chi connectivity index (χ4v) is 0.709. The van der Waals surface area contributed by atoms with Crippen molar-refractivity contribution in [1.82, 2.24) is 0 Å². The minimum atomic E-state index is -0.377. The largest absolute Gasteiger partial charge is 0.393 e. The molecule has 58 valence electrons. The number of aliphatic hydroxyl groups is 1. The lowest BCUT2D eigenvalue weighted by Gasteiger charge is -2.04. The molecule has 0 spiro atoms. The Balaban J connectivity index is 3.11. The third-order valence-corrected chi connectivity index (χ3v) is 1.28. The van der Waals surface area contributed by atoms with Gasteiger partial charge in [0.2, 0.25) is 0 Å². The van der Waals surface area contributed by atoms with Gasteiger partial charge < -0.3 is 15.9 Å². The summed E-state index contributed by atoms with van der Waals surface area (Å²) in [5.41, 5.74) is 0. The molecule has 3 heteroatoms. The van der Waals surface area contributed by atoms with Gasteiger partial charge in [0, 0.05) is 6.42 Å². The molecule has 3 N–H and O–H groups in total. The molecule has 0 aliphatic heterocycles. The van der Waals surface area contributed by atoms with E-state index in [0.29, 0.717) is 12.8 Å². The number of hydrogen-bond acceptors (Lipinski definition) is 3. The molecule has 10 heavy (non-hydrogen) atoms. The van der Waals surface area contributed by atoms with E-state index in [2.05, 4.69) is 0 Å². The molecule has 0 radical (unpaired) electrons. The van der Waals surface area contributed by atoms with E-state index in [1.54, 1.807) is 0 Å². The lowest BCUT2D eigenvalue weighted by atomic mass is 10.1. The minimum Gasteiger partial charge on any atom is -0.393 e. The van der Waals surface area contributed by atoms with Gasteiger partial charge in [-0.2, -0.15) is 0 Å². The van der Waals surface area contributed by atoms with Crippen LogP contribution in [0.3, 0.4) is 0 Å². The number of nitrogens with one attached hydrogen (secondary N) is 2. The van der Waals surface area contributed by atoms with Crippen LogP contribution in [0.1, 0.15) is 25.7 Å². The van der Waals surface area contributed by atoms with Gasteiger partial charge in [-0.1, -0.05) is 0 Å². The van der Waals surface area contributed by atoms with Gasteiger partial charge in [-0.25, -0.2) is 0 Å². The Kier molecular flexibility index (Phi) is 5.97. The minimum absolute atomic E-state index is 0.377. The van der Waals surface area contributed by atoms with E-state index < -0.39 is 0 Å². The zero-order valence-corrected chi connectivity index (χ0v) is 6.01. The van der Waals surface area contributed by atoms with Crippen molar-refractivity contribution < 1.29 is 5.11 Å². The van der Waals surface area contributed by atoms with Gasteiger partial charge in [0.15, 0.2) is 0 Å². The topological polar surface area (TPSA) is 67.9 Å². The van der Waals surface area contributed by atoms with E-state index in [-0.39, 0.29) is 6.10 Å². The molecule has 0 rings (SSSR count). The molecule has 0 aliphatic carbocycles. The van der Waals surface area contributed by atoms with E-state index in [1.165, 1.54) is 12.4 Å². The van der Waals surface area contributed by atoms with E-state index >= 15 is 0 Å². The fraction of sp³-hybridized carbons (Fsp3) is 0.714. The van der Waals surface area contributed by atoms with Crippen LogP contribution in [0.5, 0.6) is 0 Å². The highest BCUT2D eigenvalue weighted by molar-refractivity contribution is 5.53. The molecule has 3 nitrogen and oxygen atoms in total. The van der Waals surface area contributed by atoms with Gasteiger partial charge in [0.05, 0.1) is 6.10 Å². The van der Waals surface area contributed by atoms with E-state index in [1.807, 2.05) is 0 Å². The van der Waals surface area contributed by atoms with Crippen LogP contribution in [0.15, 0.2) is 0 Å². The molecule has 0 fully saturated rings. The number of aliphatic hydroxyl groups excluding tert-OH is 1. The highest BCUT2D eigenvalue weighted by Crippen LogP contribution is 2.01. The first-order valence-electron chi connectivity index (χ1n) is 3.47. The molecular weight excluding hydrogens is 128 g/mol. The summed E-state index contributed by atoms with van der Waals surface area (Å²) < 4.78 is 0. The van der Waals surface area contributed by atoms with Crippen LogP contribution in [0, 0.1) is 10.8 Å². The number of rotatable bonds is 6. The maximum atomic E-state index is 9.05. The molecule has 0 aromatic heterocycles. The smallest absolute Gasteiger partial charge is 0.0589 e. The average molecular weight is 142 g/mol. The summed E-state index contributed by atoms with van der Waals surface area (Å²) in [7, 11) is 0.